The smallest absolute Gasteiger partial charge is 0.230 e. The lowest BCUT2D eigenvalue weighted by Crippen LogP contribution is -2.11. The van der Waals surface area contributed by atoms with E-state index < -0.39 is 0 Å². The minimum Gasteiger partial charge on any atom is -0.497 e. The van der Waals surface area contributed by atoms with Crippen LogP contribution >= 0.6 is 0 Å². The summed E-state index contributed by atoms with van der Waals surface area (Å²) < 4.78 is 6.76. The number of hydrogen-bond donors (Lipinski definition) is 0. The van der Waals surface area contributed by atoms with E-state index in [1.54, 1.807) is 36.1 Å². The highest BCUT2D eigenvalue weighted by molar-refractivity contribution is 6.07. The van der Waals surface area contributed by atoms with E-state index in [2.05, 4.69) is 10.1 Å². The van der Waals surface area contributed by atoms with Crippen LogP contribution in [-0.2, 0) is 0 Å². The van der Waals surface area contributed by atoms with Gasteiger partial charge >= 0.3 is 0 Å². The van der Waals surface area contributed by atoms with Gasteiger partial charge in [-0.15, -0.1) is 5.10 Å². The van der Waals surface area contributed by atoms with E-state index in [0.717, 1.165) is 11.3 Å². The van der Waals surface area contributed by atoms with Crippen LogP contribution in [-0.4, -0.2) is 27.7 Å². The highest BCUT2D eigenvalue weighted by Crippen LogP contribution is 2.21. The molecule has 1 aromatic heterocycles. The maximum atomic E-state index is 13.1. The third-order valence-electron chi connectivity index (χ3n) is 4.20. The van der Waals surface area contributed by atoms with E-state index in [4.69, 9.17) is 4.74 Å². The summed E-state index contributed by atoms with van der Waals surface area (Å²) in [5.41, 5.74) is 2.17. The van der Waals surface area contributed by atoms with Crippen LogP contribution in [0, 0.1) is 0 Å². The first-order valence-corrected chi connectivity index (χ1v) is 8.53. The lowest BCUT2D eigenvalue weighted by atomic mass is 10.1. The number of benzene rings is 3. The molecule has 0 amide bonds. The van der Waals surface area contributed by atoms with Gasteiger partial charge in [0.15, 0.2) is 5.82 Å². The molecular weight excluding hydrogens is 338 g/mol. The number of ether oxygens (including phenoxy) is 1. The predicted octanol–water partition coefficient (Wildman–Crippen LogP) is 4.17. The Hall–Kier alpha value is -3.73. The summed E-state index contributed by atoms with van der Waals surface area (Å²) in [6.07, 6.45) is 0. The van der Waals surface area contributed by atoms with Gasteiger partial charge in [-0.25, -0.2) is 9.67 Å². The number of para-hydroxylation sites is 1. The molecule has 4 aromatic rings. The predicted molar refractivity (Wildman–Crippen MR) is 103 cm³/mol. The highest BCUT2D eigenvalue weighted by Gasteiger charge is 2.21. The van der Waals surface area contributed by atoms with E-state index >= 15 is 0 Å². The normalized spacial score (nSPS) is 10.6. The number of hydrogen-bond acceptors (Lipinski definition) is 4. The number of nitrogens with zero attached hydrogens (tertiary/aromatic N) is 3. The van der Waals surface area contributed by atoms with Crippen LogP contribution in [0.3, 0.4) is 0 Å². The van der Waals surface area contributed by atoms with Gasteiger partial charge in [0.25, 0.3) is 0 Å². The molecule has 0 saturated carbocycles. The SMILES string of the molecule is COc1ccc(C(=O)c2nc(-c3ccccc3)nn2-c2ccccc2)cc1. The van der Waals surface area contributed by atoms with E-state index in [0.29, 0.717) is 17.1 Å². The lowest BCUT2D eigenvalue weighted by Gasteiger charge is -2.05. The Kier molecular flexibility index (Phi) is 4.49. The second-order valence-corrected chi connectivity index (χ2v) is 5.93. The van der Waals surface area contributed by atoms with Crippen molar-refractivity contribution in [3.63, 3.8) is 0 Å². The fourth-order valence-electron chi connectivity index (χ4n) is 2.79. The molecule has 0 fully saturated rings. The molecule has 3 aromatic carbocycles. The minimum absolute atomic E-state index is 0.198. The average Bonchev–Trinajstić information content (AvgIpc) is 3.20. The van der Waals surface area contributed by atoms with Crippen molar-refractivity contribution in [1.29, 1.82) is 0 Å². The monoisotopic (exact) mass is 355 g/mol. The summed E-state index contributed by atoms with van der Waals surface area (Å²) in [6, 6.07) is 26.1. The topological polar surface area (TPSA) is 57.0 Å². The Labute approximate surface area is 156 Å². The molecule has 0 unspecified atom stereocenters. The summed E-state index contributed by atoms with van der Waals surface area (Å²) in [5.74, 6) is 1.28. The molecule has 0 aliphatic carbocycles. The van der Waals surface area contributed by atoms with Crippen LogP contribution in [0.4, 0.5) is 0 Å². The molecule has 4 rings (SSSR count). The van der Waals surface area contributed by atoms with E-state index in [1.807, 2.05) is 60.7 Å². The second kappa shape index (κ2) is 7.25. The quantitative estimate of drug-likeness (QED) is 0.504. The van der Waals surface area contributed by atoms with Gasteiger partial charge in [-0.3, -0.25) is 4.79 Å². The minimum atomic E-state index is -0.198. The molecule has 1 heterocycles. The number of aromatic nitrogens is 3. The number of methoxy groups -OCH3 is 1. The van der Waals surface area contributed by atoms with Gasteiger partial charge in [0.05, 0.1) is 12.8 Å². The summed E-state index contributed by atoms with van der Waals surface area (Å²) in [6.45, 7) is 0. The van der Waals surface area contributed by atoms with Crippen molar-refractivity contribution in [3.05, 3.63) is 96.3 Å². The van der Waals surface area contributed by atoms with Gasteiger partial charge in [0.2, 0.25) is 11.6 Å². The van der Waals surface area contributed by atoms with E-state index in [9.17, 15) is 4.79 Å². The summed E-state index contributed by atoms with van der Waals surface area (Å²) in [4.78, 5) is 17.7. The highest BCUT2D eigenvalue weighted by atomic mass is 16.5. The lowest BCUT2D eigenvalue weighted by molar-refractivity contribution is 0.102. The van der Waals surface area contributed by atoms with E-state index in [-0.39, 0.29) is 11.6 Å². The van der Waals surface area contributed by atoms with Crippen LogP contribution in [0.1, 0.15) is 16.2 Å². The molecule has 27 heavy (non-hydrogen) atoms. The molecule has 132 valence electrons. The number of ketones is 1. The van der Waals surface area contributed by atoms with Crippen molar-refractivity contribution in [1.82, 2.24) is 14.8 Å². The van der Waals surface area contributed by atoms with Crippen LogP contribution < -0.4 is 4.74 Å². The fraction of sp³-hybridized carbons (Fsp3) is 0.0455. The average molecular weight is 355 g/mol. The molecule has 0 atom stereocenters. The zero-order chi connectivity index (χ0) is 18.6. The maximum Gasteiger partial charge on any atom is 0.230 e. The Morgan fingerprint density at radius 3 is 2.11 bits per heavy atom. The van der Waals surface area contributed by atoms with Gasteiger partial charge < -0.3 is 4.74 Å². The standard InChI is InChI=1S/C22H17N3O2/c1-27-19-14-12-16(13-15-19)20(26)22-23-21(17-8-4-2-5-9-17)24-25(22)18-10-6-3-7-11-18/h2-15H,1H3. The summed E-state index contributed by atoms with van der Waals surface area (Å²) >= 11 is 0. The van der Waals surface area contributed by atoms with Gasteiger partial charge in [0.1, 0.15) is 5.75 Å². The van der Waals surface area contributed by atoms with Crippen molar-refractivity contribution in [3.8, 4) is 22.8 Å². The molecule has 0 radical (unpaired) electrons. The molecule has 5 heteroatoms. The van der Waals surface area contributed by atoms with Crippen LogP contribution in [0.5, 0.6) is 5.75 Å². The first-order valence-electron chi connectivity index (χ1n) is 8.53. The molecule has 5 nitrogen and oxygen atoms in total. The Balaban J connectivity index is 1.82. The van der Waals surface area contributed by atoms with Crippen molar-refractivity contribution >= 4 is 5.78 Å². The van der Waals surface area contributed by atoms with E-state index in [1.165, 1.54) is 0 Å². The molecule has 0 N–H and O–H groups in total. The van der Waals surface area contributed by atoms with Crippen molar-refractivity contribution in [2.75, 3.05) is 7.11 Å². The third-order valence-corrected chi connectivity index (χ3v) is 4.20. The van der Waals surface area contributed by atoms with Crippen LogP contribution in [0.25, 0.3) is 17.1 Å². The van der Waals surface area contributed by atoms with Gasteiger partial charge in [-0.1, -0.05) is 48.5 Å². The fourth-order valence-corrected chi connectivity index (χ4v) is 2.79. The molecule has 0 saturated heterocycles. The second-order valence-electron chi connectivity index (χ2n) is 5.93. The Bertz CT molecular complexity index is 1060. The van der Waals surface area contributed by atoms with Crippen molar-refractivity contribution in [2.24, 2.45) is 0 Å². The molecule has 0 spiro atoms. The molecule has 0 aliphatic rings. The molecule has 0 bridgehead atoms. The largest absolute Gasteiger partial charge is 0.497 e. The first kappa shape index (κ1) is 16.7. The van der Waals surface area contributed by atoms with Crippen molar-refractivity contribution in [2.45, 2.75) is 0 Å². The zero-order valence-electron chi connectivity index (χ0n) is 14.7. The number of carbonyl (C=O) groups excluding carboxylic acids is 1. The maximum absolute atomic E-state index is 13.1. The summed E-state index contributed by atoms with van der Waals surface area (Å²) in [5, 5.41) is 4.59. The van der Waals surface area contributed by atoms with Crippen molar-refractivity contribution < 1.29 is 9.53 Å². The summed E-state index contributed by atoms with van der Waals surface area (Å²) in [7, 11) is 1.59. The molecule has 0 aliphatic heterocycles. The Morgan fingerprint density at radius 1 is 0.852 bits per heavy atom. The number of carbonyl (C=O) groups is 1. The van der Waals surface area contributed by atoms with Gasteiger partial charge in [-0.2, -0.15) is 0 Å². The van der Waals surface area contributed by atoms with Gasteiger partial charge in [-0.05, 0) is 36.4 Å². The zero-order valence-corrected chi connectivity index (χ0v) is 14.7. The van der Waals surface area contributed by atoms with Crippen LogP contribution in [0.2, 0.25) is 0 Å². The Morgan fingerprint density at radius 2 is 1.48 bits per heavy atom. The van der Waals surface area contributed by atoms with Crippen LogP contribution in [0.15, 0.2) is 84.9 Å². The third kappa shape index (κ3) is 3.35. The number of rotatable bonds is 5. The first-order chi connectivity index (χ1) is 13.3. The van der Waals surface area contributed by atoms with Gasteiger partial charge in [0, 0.05) is 11.1 Å². The molecular formula is C22H17N3O2.